The maximum atomic E-state index is 9.86. The molecule has 0 unspecified atom stereocenters. The second kappa shape index (κ2) is 2.35. The minimum Gasteiger partial charge on any atom is -0.355 e. The van der Waals surface area contributed by atoms with Crippen molar-refractivity contribution < 1.29 is 4.79 Å². The van der Waals surface area contributed by atoms with E-state index in [2.05, 4.69) is 5.32 Å². The van der Waals surface area contributed by atoms with Gasteiger partial charge in [-0.3, -0.25) is 4.79 Å². The van der Waals surface area contributed by atoms with E-state index in [0.717, 1.165) is 5.69 Å². The first kappa shape index (κ1) is 5.88. The minimum atomic E-state index is 0.662. The topological polar surface area (TPSA) is 34.0 Å². The third-order valence-electron chi connectivity index (χ3n) is 1.06. The van der Waals surface area contributed by atoms with Crippen LogP contribution in [0, 0.1) is 0 Å². The summed E-state index contributed by atoms with van der Waals surface area (Å²) in [6.45, 7) is 0. The largest absolute Gasteiger partial charge is 0.355 e. The first-order valence-corrected chi connectivity index (χ1v) is 2.65. The van der Waals surface area contributed by atoms with Crippen LogP contribution < -0.4 is 5.32 Å². The molecule has 0 spiro atoms. The van der Waals surface area contributed by atoms with Crippen molar-refractivity contribution in [3.63, 3.8) is 0 Å². The lowest BCUT2D eigenvalue weighted by molar-refractivity contribution is -0.105. The van der Waals surface area contributed by atoms with Crippen molar-refractivity contribution in [1.82, 2.24) is 4.57 Å². The molecule has 1 aromatic rings. The number of anilines is 1. The summed E-state index contributed by atoms with van der Waals surface area (Å²) < 4.78 is 1.87. The van der Waals surface area contributed by atoms with Crippen molar-refractivity contribution in [3.8, 4) is 0 Å². The highest BCUT2D eigenvalue weighted by atomic mass is 16.1. The zero-order valence-electron chi connectivity index (χ0n) is 5.16. The summed E-state index contributed by atoms with van der Waals surface area (Å²) in [6.07, 6.45) is 4.36. The standard InChI is InChI=1S/C6H8N2O/c1-8-3-2-6(4-8)7-5-9/h2-5H,1H3,(H,7,9). The summed E-state index contributed by atoms with van der Waals surface area (Å²) in [6, 6.07) is 1.83. The minimum absolute atomic E-state index is 0.662. The number of carbonyl (C=O) groups excluding carboxylic acids is 1. The number of amides is 1. The number of aryl methyl sites for hydroxylation is 1. The Morgan fingerprint density at radius 1 is 1.78 bits per heavy atom. The van der Waals surface area contributed by atoms with Crippen LogP contribution in [0.5, 0.6) is 0 Å². The molecule has 0 saturated heterocycles. The van der Waals surface area contributed by atoms with E-state index >= 15 is 0 Å². The summed E-state index contributed by atoms with van der Waals surface area (Å²) in [5, 5.41) is 2.53. The molecule has 0 saturated carbocycles. The number of aromatic nitrogens is 1. The highest BCUT2D eigenvalue weighted by Crippen LogP contribution is 2.03. The first-order valence-electron chi connectivity index (χ1n) is 2.65. The zero-order valence-corrected chi connectivity index (χ0v) is 5.16. The molecule has 0 aliphatic rings. The van der Waals surface area contributed by atoms with Crippen molar-refractivity contribution in [1.29, 1.82) is 0 Å². The fraction of sp³-hybridized carbons (Fsp3) is 0.167. The molecule has 3 heteroatoms. The Bertz CT molecular complexity index is 205. The molecular weight excluding hydrogens is 116 g/mol. The van der Waals surface area contributed by atoms with Gasteiger partial charge in [0.1, 0.15) is 0 Å². The Labute approximate surface area is 53.3 Å². The Kier molecular flexibility index (Phi) is 1.53. The van der Waals surface area contributed by atoms with Gasteiger partial charge in [-0.25, -0.2) is 0 Å². The van der Waals surface area contributed by atoms with Gasteiger partial charge >= 0.3 is 0 Å². The molecule has 0 aromatic carbocycles. The predicted octanol–water partition coefficient (Wildman–Crippen LogP) is 0.593. The van der Waals surface area contributed by atoms with E-state index in [1.807, 2.05) is 30.1 Å². The van der Waals surface area contributed by atoms with E-state index in [1.165, 1.54) is 0 Å². The molecule has 0 radical (unpaired) electrons. The van der Waals surface area contributed by atoms with E-state index < -0.39 is 0 Å². The van der Waals surface area contributed by atoms with E-state index in [4.69, 9.17) is 0 Å². The molecule has 0 bridgehead atoms. The number of hydrogen-bond donors (Lipinski definition) is 1. The predicted molar refractivity (Wildman–Crippen MR) is 35.1 cm³/mol. The SMILES string of the molecule is Cn1ccc(NC=O)c1. The first-order chi connectivity index (χ1) is 4.33. The molecule has 0 fully saturated rings. The molecule has 48 valence electrons. The van der Waals surface area contributed by atoms with Crippen molar-refractivity contribution in [2.45, 2.75) is 0 Å². The van der Waals surface area contributed by atoms with Crippen molar-refractivity contribution in [3.05, 3.63) is 18.5 Å². The number of rotatable bonds is 2. The van der Waals surface area contributed by atoms with Crippen molar-refractivity contribution in [2.75, 3.05) is 5.32 Å². The quantitative estimate of drug-likeness (QED) is 0.575. The Morgan fingerprint density at radius 2 is 2.56 bits per heavy atom. The summed E-state index contributed by atoms with van der Waals surface area (Å²) >= 11 is 0. The van der Waals surface area contributed by atoms with Gasteiger partial charge < -0.3 is 9.88 Å². The van der Waals surface area contributed by atoms with Crippen LogP contribution in [-0.2, 0) is 11.8 Å². The van der Waals surface area contributed by atoms with Gasteiger partial charge in [-0.1, -0.05) is 0 Å². The molecule has 1 N–H and O–H groups in total. The summed E-state index contributed by atoms with van der Waals surface area (Å²) in [7, 11) is 1.90. The van der Waals surface area contributed by atoms with Gasteiger partial charge in [-0.2, -0.15) is 0 Å². The van der Waals surface area contributed by atoms with Crippen LogP contribution in [0.15, 0.2) is 18.5 Å². The van der Waals surface area contributed by atoms with E-state index in [1.54, 1.807) is 0 Å². The van der Waals surface area contributed by atoms with Gasteiger partial charge in [-0.05, 0) is 6.07 Å². The molecule has 1 aromatic heterocycles. The van der Waals surface area contributed by atoms with Crippen LogP contribution >= 0.6 is 0 Å². The van der Waals surface area contributed by atoms with Crippen LogP contribution in [0.1, 0.15) is 0 Å². The van der Waals surface area contributed by atoms with E-state index in [0.29, 0.717) is 6.41 Å². The van der Waals surface area contributed by atoms with Crippen LogP contribution in [0.4, 0.5) is 5.69 Å². The molecular formula is C6H8N2O. The smallest absolute Gasteiger partial charge is 0.211 e. The molecule has 0 aliphatic heterocycles. The maximum Gasteiger partial charge on any atom is 0.211 e. The van der Waals surface area contributed by atoms with Crippen molar-refractivity contribution >= 4 is 12.1 Å². The number of carbonyl (C=O) groups is 1. The maximum absolute atomic E-state index is 9.86. The lowest BCUT2D eigenvalue weighted by Gasteiger charge is -1.87. The fourth-order valence-electron chi connectivity index (χ4n) is 0.657. The number of nitrogens with zero attached hydrogens (tertiary/aromatic N) is 1. The van der Waals surface area contributed by atoms with Gasteiger partial charge in [0.05, 0.1) is 5.69 Å². The Hall–Kier alpha value is -1.25. The third kappa shape index (κ3) is 1.32. The second-order valence-electron chi connectivity index (χ2n) is 1.83. The van der Waals surface area contributed by atoms with E-state index in [-0.39, 0.29) is 0 Å². The lowest BCUT2D eigenvalue weighted by Crippen LogP contribution is -1.90. The highest BCUT2D eigenvalue weighted by molar-refractivity contribution is 5.70. The fourth-order valence-corrected chi connectivity index (χ4v) is 0.657. The van der Waals surface area contributed by atoms with E-state index in [9.17, 15) is 4.79 Å². The molecule has 0 atom stereocenters. The third-order valence-corrected chi connectivity index (χ3v) is 1.06. The molecule has 0 aliphatic carbocycles. The van der Waals surface area contributed by atoms with Crippen molar-refractivity contribution in [2.24, 2.45) is 7.05 Å². The van der Waals surface area contributed by atoms with Crippen LogP contribution in [-0.4, -0.2) is 11.0 Å². The Morgan fingerprint density at radius 3 is 3.00 bits per heavy atom. The second-order valence-corrected chi connectivity index (χ2v) is 1.83. The highest BCUT2D eigenvalue weighted by Gasteiger charge is 1.87. The van der Waals surface area contributed by atoms with Crippen LogP contribution in [0.2, 0.25) is 0 Å². The van der Waals surface area contributed by atoms with Gasteiger partial charge in [-0.15, -0.1) is 0 Å². The van der Waals surface area contributed by atoms with Gasteiger partial charge in [0, 0.05) is 19.4 Å². The summed E-state index contributed by atoms with van der Waals surface area (Å²) in [5.41, 5.74) is 0.826. The summed E-state index contributed by atoms with van der Waals surface area (Å²) in [4.78, 5) is 9.86. The normalized spacial score (nSPS) is 9.00. The molecule has 1 rings (SSSR count). The lowest BCUT2D eigenvalue weighted by atomic mass is 10.5. The van der Waals surface area contributed by atoms with Gasteiger partial charge in [0.2, 0.25) is 6.41 Å². The Balaban J connectivity index is 2.72. The average molecular weight is 124 g/mol. The van der Waals surface area contributed by atoms with Gasteiger partial charge in [0.25, 0.3) is 0 Å². The molecule has 1 amide bonds. The molecule has 3 nitrogen and oxygen atoms in total. The number of hydrogen-bond acceptors (Lipinski definition) is 1. The summed E-state index contributed by atoms with van der Waals surface area (Å²) in [5.74, 6) is 0. The number of nitrogens with one attached hydrogen (secondary N) is 1. The average Bonchev–Trinajstić information content (AvgIpc) is 2.17. The van der Waals surface area contributed by atoms with Crippen LogP contribution in [0.3, 0.4) is 0 Å². The van der Waals surface area contributed by atoms with Crippen LogP contribution in [0.25, 0.3) is 0 Å². The van der Waals surface area contributed by atoms with Gasteiger partial charge in [0.15, 0.2) is 0 Å². The molecule has 9 heavy (non-hydrogen) atoms. The molecule has 1 heterocycles. The monoisotopic (exact) mass is 124 g/mol. The zero-order chi connectivity index (χ0) is 6.69.